The lowest BCUT2D eigenvalue weighted by atomic mass is 10.1. The van der Waals surface area contributed by atoms with E-state index in [0.717, 1.165) is 4.90 Å². The lowest BCUT2D eigenvalue weighted by molar-refractivity contribution is -0.142. The van der Waals surface area contributed by atoms with Crippen LogP contribution in [0, 0.1) is 0 Å². The first-order valence-corrected chi connectivity index (χ1v) is 9.12. The van der Waals surface area contributed by atoms with Gasteiger partial charge in [0.15, 0.2) is 5.82 Å². The average molecular weight is 439 g/mol. The van der Waals surface area contributed by atoms with E-state index in [-0.39, 0.29) is 40.1 Å². The zero-order chi connectivity index (χ0) is 23.3. The van der Waals surface area contributed by atoms with E-state index in [9.17, 15) is 24.6 Å². The number of phenolic OH excluding ortho intramolecular Hbond substituents is 1. The Morgan fingerprint density at radius 2 is 1.69 bits per heavy atom. The van der Waals surface area contributed by atoms with Crippen molar-refractivity contribution >= 4 is 40.3 Å². The first kappa shape index (κ1) is 22.2. The van der Waals surface area contributed by atoms with Crippen LogP contribution in [0.3, 0.4) is 0 Å². The van der Waals surface area contributed by atoms with Gasteiger partial charge in [0.05, 0.1) is 24.3 Å². The second-order valence-electron chi connectivity index (χ2n) is 6.61. The molecule has 12 nitrogen and oxygen atoms in total. The molecule has 2 aromatic heterocycles. The number of carbonyl (C=O) groups is 3. The Labute approximate surface area is 180 Å². The summed E-state index contributed by atoms with van der Waals surface area (Å²) in [4.78, 5) is 43.3. The van der Waals surface area contributed by atoms with Crippen LogP contribution < -0.4 is 0 Å². The molecule has 32 heavy (non-hydrogen) atoms. The summed E-state index contributed by atoms with van der Waals surface area (Å²) in [5.74, 6) is -3.88. The third kappa shape index (κ3) is 5.37. The van der Waals surface area contributed by atoms with Gasteiger partial charge >= 0.3 is 17.9 Å². The number of nitrogens with zero attached hydrogens (tertiary/aromatic N) is 5. The van der Waals surface area contributed by atoms with Crippen LogP contribution in [0.5, 0.6) is 5.75 Å². The van der Waals surface area contributed by atoms with Crippen molar-refractivity contribution in [1.82, 2.24) is 14.9 Å². The highest BCUT2D eigenvalue weighted by Gasteiger charge is 2.21. The number of pyridine rings is 2. The fraction of sp³-hybridized carbons (Fsp3) is 0.150. The molecule has 2 heterocycles. The molecule has 0 radical (unpaired) electrons. The van der Waals surface area contributed by atoms with Gasteiger partial charge in [-0.1, -0.05) is 6.07 Å². The molecule has 0 aliphatic carbocycles. The first-order valence-electron chi connectivity index (χ1n) is 9.12. The van der Waals surface area contributed by atoms with Crippen LogP contribution in [0.4, 0.5) is 11.5 Å². The monoisotopic (exact) mass is 439 g/mol. The molecule has 0 unspecified atom stereocenters. The number of azo groups is 1. The number of aromatic carboxylic acids is 1. The number of benzene rings is 1. The summed E-state index contributed by atoms with van der Waals surface area (Å²) >= 11 is 0. The van der Waals surface area contributed by atoms with Crippen molar-refractivity contribution in [3.8, 4) is 5.75 Å². The Morgan fingerprint density at radius 3 is 2.28 bits per heavy atom. The predicted molar refractivity (Wildman–Crippen MR) is 109 cm³/mol. The van der Waals surface area contributed by atoms with Gasteiger partial charge in [-0.3, -0.25) is 14.5 Å². The fourth-order valence-corrected chi connectivity index (χ4v) is 2.93. The highest BCUT2D eigenvalue weighted by Crippen LogP contribution is 2.34. The van der Waals surface area contributed by atoms with Gasteiger partial charge in [-0.25, -0.2) is 14.8 Å². The largest absolute Gasteiger partial charge is 0.507 e. The van der Waals surface area contributed by atoms with Gasteiger partial charge < -0.3 is 20.4 Å². The third-order valence-corrected chi connectivity index (χ3v) is 4.25. The number of carboxylic acids is 3. The quantitative estimate of drug-likeness (QED) is 0.361. The summed E-state index contributed by atoms with van der Waals surface area (Å²) in [5, 5.41) is 46.1. The minimum absolute atomic E-state index is 0.0895. The van der Waals surface area contributed by atoms with E-state index in [0.29, 0.717) is 5.82 Å². The van der Waals surface area contributed by atoms with Crippen LogP contribution in [0.15, 0.2) is 52.8 Å². The van der Waals surface area contributed by atoms with E-state index >= 15 is 0 Å². The molecule has 3 aromatic rings. The number of fused-ring (bicyclic) bond motifs is 1. The van der Waals surface area contributed by atoms with Crippen LogP contribution in [0.1, 0.15) is 16.1 Å². The molecule has 0 saturated heterocycles. The zero-order valence-electron chi connectivity index (χ0n) is 16.4. The highest BCUT2D eigenvalue weighted by molar-refractivity contribution is 5.99. The topological polar surface area (TPSA) is 186 Å². The molecule has 0 aliphatic heterocycles. The summed E-state index contributed by atoms with van der Waals surface area (Å²) in [6.07, 6.45) is 1.53. The summed E-state index contributed by atoms with van der Waals surface area (Å²) in [7, 11) is 0. The zero-order valence-corrected chi connectivity index (χ0v) is 16.4. The van der Waals surface area contributed by atoms with Crippen LogP contribution in [-0.4, -0.2) is 66.3 Å². The van der Waals surface area contributed by atoms with E-state index in [1.54, 1.807) is 18.2 Å². The maximum Gasteiger partial charge on any atom is 0.337 e. The Morgan fingerprint density at radius 1 is 0.969 bits per heavy atom. The highest BCUT2D eigenvalue weighted by atomic mass is 16.4. The Bertz CT molecular complexity index is 1200. The second-order valence-corrected chi connectivity index (χ2v) is 6.61. The summed E-state index contributed by atoms with van der Waals surface area (Å²) in [5.41, 5.74) is -0.0975. The van der Waals surface area contributed by atoms with Gasteiger partial charge in [0.25, 0.3) is 0 Å². The van der Waals surface area contributed by atoms with Crippen molar-refractivity contribution in [1.29, 1.82) is 0 Å². The maximum atomic E-state index is 11.8. The minimum Gasteiger partial charge on any atom is -0.507 e. The van der Waals surface area contributed by atoms with Crippen molar-refractivity contribution in [2.24, 2.45) is 10.2 Å². The summed E-state index contributed by atoms with van der Waals surface area (Å²) < 4.78 is 0. The number of hydrogen-bond acceptors (Lipinski definition) is 9. The van der Waals surface area contributed by atoms with Crippen LogP contribution in [0.25, 0.3) is 10.9 Å². The van der Waals surface area contributed by atoms with Gasteiger partial charge in [0.2, 0.25) is 0 Å². The average Bonchev–Trinajstić information content (AvgIpc) is 2.72. The maximum absolute atomic E-state index is 11.8. The van der Waals surface area contributed by atoms with Crippen molar-refractivity contribution < 1.29 is 34.8 Å². The van der Waals surface area contributed by atoms with Gasteiger partial charge in [-0.2, -0.15) is 0 Å². The fourth-order valence-electron chi connectivity index (χ4n) is 2.93. The second kappa shape index (κ2) is 9.57. The third-order valence-electron chi connectivity index (χ3n) is 4.25. The molecule has 0 aliphatic rings. The van der Waals surface area contributed by atoms with E-state index < -0.39 is 31.0 Å². The lowest BCUT2D eigenvalue weighted by Gasteiger charge is -2.19. The van der Waals surface area contributed by atoms with Crippen molar-refractivity contribution in [3.05, 3.63) is 53.9 Å². The molecular formula is C20H17N5O7. The number of hydrogen-bond donors (Lipinski definition) is 4. The molecule has 0 amide bonds. The van der Waals surface area contributed by atoms with Gasteiger partial charge in [-0.05, 0) is 30.3 Å². The summed E-state index contributed by atoms with van der Waals surface area (Å²) in [6, 6.07) is 8.94. The molecule has 0 bridgehead atoms. The van der Waals surface area contributed by atoms with E-state index in [4.69, 9.17) is 10.2 Å². The number of rotatable bonds is 9. The Kier molecular flexibility index (Phi) is 6.65. The van der Waals surface area contributed by atoms with Crippen molar-refractivity contribution in [2.75, 3.05) is 13.1 Å². The van der Waals surface area contributed by atoms with Gasteiger partial charge in [-0.15, -0.1) is 10.2 Å². The number of carboxylic acid groups (broad SMARTS) is 3. The molecule has 12 heteroatoms. The smallest absolute Gasteiger partial charge is 0.337 e. The molecular weight excluding hydrogens is 422 g/mol. The number of phenols is 1. The molecule has 3 rings (SSSR count). The summed E-state index contributed by atoms with van der Waals surface area (Å²) in [6.45, 7) is -1.66. The van der Waals surface area contributed by atoms with E-state index in [1.807, 2.05) is 0 Å². The lowest BCUT2D eigenvalue weighted by Crippen LogP contribution is -2.34. The normalized spacial score (nSPS) is 11.3. The predicted octanol–water partition coefficient (Wildman–Crippen LogP) is 2.42. The number of aliphatic carboxylic acids is 2. The molecule has 164 valence electrons. The van der Waals surface area contributed by atoms with Crippen LogP contribution in [0.2, 0.25) is 0 Å². The number of aromatic nitrogens is 2. The first-order chi connectivity index (χ1) is 15.2. The molecule has 1 aromatic carbocycles. The van der Waals surface area contributed by atoms with Crippen molar-refractivity contribution in [3.63, 3.8) is 0 Å². The Hall–Kier alpha value is -4.45. The number of aromatic hydroxyl groups is 1. The van der Waals surface area contributed by atoms with E-state index in [1.165, 1.54) is 24.4 Å². The van der Waals surface area contributed by atoms with Crippen molar-refractivity contribution in [2.45, 2.75) is 6.54 Å². The molecule has 0 fully saturated rings. The van der Waals surface area contributed by atoms with Crippen LogP contribution >= 0.6 is 0 Å². The van der Waals surface area contributed by atoms with Gasteiger partial charge in [0, 0.05) is 18.1 Å². The van der Waals surface area contributed by atoms with Crippen LogP contribution in [-0.2, 0) is 16.1 Å². The molecule has 0 saturated carbocycles. The molecule has 0 spiro atoms. The SMILES string of the molecule is O=C(O)CN(CC(=O)O)Cc1nc2c(N=Nc3ccccn3)ccc(O)c2cc1C(=O)O. The van der Waals surface area contributed by atoms with Gasteiger partial charge in [0.1, 0.15) is 17.0 Å². The minimum atomic E-state index is -1.38. The molecule has 4 N–H and O–H groups in total. The molecule has 0 atom stereocenters. The Balaban J connectivity index is 2.11. The van der Waals surface area contributed by atoms with E-state index in [2.05, 4.69) is 20.2 Å². The standard InChI is InChI=1S/C20H17N5O7/c26-15-5-4-13(23-24-16-3-1-2-6-21-16)19-12(15)7-11(20(31)32)14(22-19)8-25(9-17(27)28)10-18(29)30/h1-7,26H,8-10H2,(H,27,28)(H,29,30)(H,31,32).